The predicted octanol–water partition coefficient (Wildman–Crippen LogP) is 4.66. The van der Waals surface area contributed by atoms with Crippen molar-refractivity contribution in [1.29, 1.82) is 0 Å². The van der Waals surface area contributed by atoms with E-state index in [4.69, 9.17) is 9.47 Å². The summed E-state index contributed by atoms with van der Waals surface area (Å²) in [7, 11) is 2.86. The summed E-state index contributed by atoms with van der Waals surface area (Å²) in [4.78, 5) is 45.2. The smallest absolute Gasteiger partial charge is 0.169 e. The third-order valence-corrected chi connectivity index (χ3v) is 9.55. The zero-order chi connectivity index (χ0) is 31.2. The molecule has 2 aromatic rings. The maximum absolute atomic E-state index is 14.5. The summed E-state index contributed by atoms with van der Waals surface area (Å²) >= 11 is 0. The summed E-state index contributed by atoms with van der Waals surface area (Å²) in [6.07, 6.45) is 13.4. The number of phenols is 2. The van der Waals surface area contributed by atoms with E-state index in [1.54, 1.807) is 54.6 Å². The van der Waals surface area contributed by atoms with Crippen molar-refractivity contribution in [2.75, 3.05) is 20.8 Å². The summed E-state index contributed by atoms with van der Waals surface area (Å²) < 4.78 is 10.5. The zero-order valence-corrected chi connectivity index (χ0v) is 24.6. The van der Waals surface area contributed by atoms with Crippen molar-refractivity contribution in [2.45, 2.75) is 36.8 Å². The molecule has 228 valence electrons. The lowest BCUT2D eigenvalue weighted by Gasteiger charge is -2.41. The third kappa shape index (κ3) is 4.54. The third-order valence-electron chi connectivity index (χ3n) is 9.55. The normalized spacial score (nSPS) is 29.8. The fraction of sp³-hybridized carbons (Fsp3) is 0.343. The Hall–Kier alpha value is -4.63. The first-order chi connectivity index (χ1) is 21.2. The maximum atomic E-state index is 14.5. The van der Waals surface area contributed by atoms with Crippen LogP contribution in [0.15, 0.2) is 78.6 Å². The number of aromatic hydroxyl groups is 2. The van der Waals surface area contributed by atoms with Gasteiger partial charge in [0.1, 0.15) is 11.3 Å². The van der Waals surface area contributed by atoms with Crippen LogP contribution in [0.1, 0.15) is 36.3 Å². The number of aliphatic hydroxyl groups excluding tert-OH is 1. The minimum absolute atomic E-state index is 0.0637. The van der Waals surface area contributed by atoms with Crippen LogP contribution in [-0.4, -0.2) is 69.9 Å². The van der Waals surface area contributed by atoms with Crippen LogP contribution in [0, 0.1) is 17.8 Å². The summed E-state index contributed by atoms with van der Waals surface area (Å²) in [5, 5.41) is 31.3. The van der Waals surface area contributed by atoms with Gasteiger partial charge in [0.2, 0.25) is 0 Å². The molecule has 9 nitrogen and oxygen atoms in total. The number of rotatable bonds is 7. The van der Waals surface area contributed by atoms with Gasteiger partial charge in [-0.05, 0) is 60.9 Å². The minimum Gasteiger partial charge on any atom is -0.508 e. The van der Waals surface area contributed by atoms with Crippen molar-refractivity contribution in [3.63, 3.8) is 0 Å². The summed E-state index contributed by atoms with van der Waals surface area (Å²) in [6.45, 7) is 0.487. The first-order valence-electron chi connectivity index (χ1n) is 14.8. The van der Waals surface area contributed by atoms with E-state index in [-0.39, 0.29) is 34.6 Å². The molecule has 4 aliphatic rings. The van der Waals surface area contributed by atoms with Crippen molar-refractivity contribution in [2.24, 2.45) is 17.8 Å². The standard InChI is InChI=1S/C35H35NO8/c1-43-29-15-11-20(17-27(29)39)10-13-22(37)19-28(40)31-25-9-5-6-16-36(25)35(32(31)21-12-14-26(38)30(18-21)44-2)33(41)23-7-3-4-8-24(23)34(35)42/h3-4,7-8,10-15,17-19,23-25,31-32,37-39H,5-6,9,16H2,1-2H3/b13-10+,22-19-. The van der Waals surface area contributed by atoms with E-state index in [2.05, 4.69) is 0 Å². The molecule has 5 atom stereocenters. The molecule has 3 N–H and O–H groups in total. The molecule has 2 aromatic carbocycles. The molecular formula is C35H35NO8. The number of phenolic OH excluding ortho intramolecular Hbond substituents is 2. The van der Waals surface area contributed by atoms with Gasteiger partial charge in [-0.3, -0.25) is 19.3 Å². The summed E-state index contributed by atoms with van der Waals surface area (Å²) in [6, 6.07) is 9.05. The van der Waals surface area contributed by atoms with E-state index < -0.39 is 41.0 Å². The number of ketones is 3. The van der Waals surface area contributed by atoms with E-state index in [1.807, 2.05) is 4.90 Å². The van der Waals surface area contributed by atoms with Crippen LogP contribution in [0.4, 0.5) is 0 Å². The lowest BCUT2D eigenvalue weighted by molar-refractivity contribution is -0.139. The van der Waals surface area contributed by atoms with Crippen molar-refractivity contribution >= 4 is 23.4 Å². The van der Waals surface area contributed by atoms with Gasteiger partial charge < -0.3 is 24.8 Å². The number of hydrogen-bond acceptors (Lipinski definition) is 9. The molecule has 9 heteroatoms. The van der Waals surface area contributed by atoms with E-state index >= 15 is 0 Å². The van der Waals surface area contributed by atoms with Crippen LogP contribution in [-0.2, 0) is 14.4 Å². The van der Waals surface area contributed by atoms with Gasteiger partial charge in [-0.25, -0.2) is 0 Å². The first-order valence-corrected chi connectivity index (χ1v) is 14.8. The van der Waals surface area contributed by atoms with Crippen LogP contribution in [0.3, 0.4) is 0 Å². The SMILES string of the molecule is COc1ccc(/C=C/C(O)=C/C(=O)C2C3CCCCN3C3(C(=O)C4C=CC=CC4C3=O)C2c2ccc(O)c(OC)c2)cc1O. The van der Waals surface area contributed by atoms with Crippen LogP contribution in [0.2, 0.25) is 0 Å². The van der Waals surface area contributed by atoms with E-state index in [0.717, 1.165) is 18.9 Å². The molecule has 2 heterocycles. The Morgan fingerprint density at radius 3 is 2.30 bits per heavy atom. The molecule has 2 aliphatic heterocycles. The molecule has 5 unspecified atom stereocenters. The lowest BCUT2D eigenvalue weighted by atomic mass is 9.70. The number of carbonyl (C=O) groups is 3. The van der Waals surface area contributed by atoms with E-state index in [1.165, 1.54) is 32.4 Å². The number of methoxy groups -OCH3 is 2. The van der Waals surface area contributed by atoms with Crippen LogP contribution < -0.4 is 9.47 Å². The Balaban J connectivity index is 1.45. The van der Waals surface area contributed by atoms with Gasteiger partial charge in [-0.2, -0.15) is 0 Å². The van der Waals surface area contributed by atoms with Gasteiger partial charge in [0.05, 0.1) is 26.1 Å². The molecular weight excluding hydrogens is 562 g/mol. The molecule has 1 spiro atoms. The highest BCUT2D eigenvalue weighted by Gasteiger charge is 2.73. The maximum Gasteiger partial charge on any atom is 0.169 e. The number of benzene rings is 2. The first kappa shape index (κ1) is 29.4. The Bertz CT molecular complexity index is 1600. The number of hydrogen-bond donors (Lipinski definition) is 3. The highest BCUT2D eigenvalue weighted by molar-refractivity contribution is 6.23. The number of Topliss-reactive ketones (excluding diaryl/α,β-unsaturated/α-hetero) is 2. The summed E-state index contributed by atoms with van der Waals surface area (Å²) in [5.74, 6) is -3.79. The molecule has 0 aromatic heterocycles. The highest BCUT2D eigenvalue weighted by Crippen LogP contribution is 2.59. The second-order valence-corrected chi connectivity index (χ2v) is 11.7. The van der Waals surface area contributed by atoms with Crippen molar-refractivity contribution in [1.82, 2.24) is 4.90 Å². The minimum atomic E-state index is -1.58. The molecule has 3 fully saturated rings. The van der Waals surface area contributed by atoms with Gasteiger partial charge in [0, 0.05) is 24.0 Å². The van der Waals surface area contributed by atoms with E-state index in [0.29, 0.717) is 29.8 Å². The number of piperidine rings is 1. The average molecular weight is 598 g/mol. The fourth-order valence-electron chi connectivity index (χ4n) is 7.73. The van der Waals surface area contributed by atoms with E-state index in [9.17, 15) is 29.7 Å². The average Bonchev–Trinajstić information content (AvgIpc) is 3.46. The number of aliphatic hydroxyl groups is 1. The molecule has 2 aliphatic carbocycles. The number of carbonyl (C=O) groups excluding carboxylic acids is 3. The Morgan fingerprint density at radius 2 is 1.64 bits per heavy atom. The Labute approximate surface area is 255 Å². The number of allylic oxidation sites excluding steroid dienone is 6. The fourth-order valence-corrected chi connectivity index (χ4v) is 7.73. The zero-order valence-electron chi connectivity index (χ0n) is 24.6. The Kier molecular flexibility index (Phi) is 7.67. The van der Waals surface area contributed by atoms with Crippen molar-refractivity contribution < 1.29 is 39.2 Å². The second-order valence-electron chi connectivity index (χ2n) is 11.7. The Morgan fingerprint density at radius 1 is 0.932 bits per heavy atom. The van der Waals surface area contributed by atoms with Gasteiger partial charge in [0.15, 0.2) is 40.3 Å². The molecule has 2 saturated heterocycles. The quantitative estimate of drug-likeness (QED) is 0.180. The predicted molar refractivity (Wildman–Crippen MR) is 163 cm³/mol. The van der Waals surface area contributed by atoms with Gasteiger partial charge in [0.25, 0.3) is 0 Å². The number of nitrogens with zero attached hydrogens (tertiary/aromatic N) is 1. The number of ether oxygens (including phenoxy) is 2. The van der Waals surface area contributed by atoms with Gasteiger partial charge in [-0.1, -0.05) is 48.9 Å². The van der Waals surface area contributed by atoms with Crippen molar-refractivity contribution in [3.8, 4) is 23.0 Å². The molecule has 1 saturated carbocycles. The second kappa shape index (κ2) is 11.5. The molecule has 6 rings (SSSR count). The van der Waals surface area contributed by atoms with Crippen molar-refractivity contribution in [3.05, 3.63) is 89.7 Å². The lowest BCUT2D eigenvalue weighted by Crippen LogP contribution is -2.59. The van der Waals surface area contributed by atoms with Crippen LogP contribution in [0.5, 0.6) is 23.0 Å². The summed E-state index contributed by atoms with van der Waals surface area (Å²) in [5.41, 5.74) is -0.464. The molecule has 0 amide bonds. The molecule has 44 heavy (non-hydrogen) atoms. The highest BCUT2D eigenvalue weighted by atomic mass is 16.5. The topological polar surface area (TPSA) is 134 Å². The van der Waals surface area contributed by atoms with Gasteiger partial charge in [-0.15, -0.1) is 0 Å². The van der Waals surface area contributed by atoms with Gasteiger partial charge >= 0.3 is 0 Å². The monoisotopic (exact) mass is 597 g/mol. The number of fused-ring (bicyclic) bond motifs is 3. The van der Waals surface area contributed by atoms with Crippen LogP contribution in [0.25, 0.3) is 6.08 Å². The molecule has 0 bridgehead atoms. The van der Waals surface area contributed by atoms with Crippen LogP contribution >= 0.6 is 0 Å². The molecule has 0 radical (unpaired) electrons. The largest absolute Gasteiger partial charge is 0.508 e.